The summed E-state index contributed by atoms with van der Waals surface area (Å²) in [6.07, 6.45) is -0.601. The number of hydrogen-bond acceptors (Lipinski definition) is 9. The number of pyridine rings is 1. The molecule has 3 heterocycles. The molecular formula is C28H35FN8O3S. The van der Waals surface area contributed by atoms with Gasteiger partial charge in [0.2, 0.25) is 0 Å². The van der Waals surface area contributed by atoms with Gasteiger partial charge in [0.25, 0.3) is 5.91 Å². The molecule has 11 nitrogen and oxygen atoms in total. The second kappa shape index (κ2) is 11.6. The predicted molar refractivity (Wildman–Crippen MR) is 161 cm³/mol. The molecule has 1 aromatic carbocycles. The molecule has 41 heavy (non-hydrogen) atoms. The zero-order valence-corrected chi connectivity index (χ0v) is 24.9. The molecule has 3 aromatic heterocycles. The van der Waals surface area contributed by atoms with Crippen LogP contribution in [0.5, 0.6) is 0 Å². The van der Waals surface area contributed by atoms with E-state index < -0.39 is 35.5 Å². The Balaban J connectivity index is 1.68. The number of hydrogen-bond donors (Lipinski definition) is 4. The number of halogens is 1. The zero-order valence-electron chi connectivity index (χ0n) is 24.1. The Bertz CT molecular complexity index is 1560. The quantitative estimate of drug-likeness (QED) is 0.213. The number of primary amides is 1. The lowest BCUT2D eigenvalue weighted by atomic mass is 10.1. The van der Waals surface area contributed by atoms with Gasteiger partial charge in [0, 0.05) is 37.1 Å². The topological polar surface area (TPSA) is 139 Å². The van der Waals surface area contributed by atoms with Crippen molar-refractivity contribution in [1.82, 2.24) is 20.1 Å². The summed E-state index contributed by atoms with van der Waals surface area (Å²) in [5, 5.41) is 16.4. The molecule has 0 saturated carbocycles. The molecule has 5 N–H and O–H groups in total. The maximum atomic E-state index is 15.3. The Morgan fingerprint density at radius 1 is 1.17 bits per heavy atom. The van der Waals surface area contributed by atoms with Crippen LogP contribution in [-0.4, -0.2) is 52.5 Å². The number of carbonyl (C=O) groups excluding carboxylic acids is 2. The number of anilines is 4. The van der Waals surface area contributed by atoms with E-state index in [2.05, 4.69) is 26.0 Å². The van der Waals surface area contributed by atoms with Gasteiger partial charge in [-0.05, 0) is 63.4 Å². The summed E-state index contributed by atoms with van der Waals surface area (Å²) in [5.41, 5.74) is 6.32. The zero-order chi connectivity index (χ0) is 30.1. The third kappa shape index (κ3) is 6.85. The third-order valence-corrected chi connectivity index (χ3v) is 7.10. The number of alkyl carbamates (subject to hydrolysis) is 1. The predicted octanol–water partition coefficient (Wildman–Crippen LogP) is 5.14. The van der Waals surface area contributed by atoms with Crippen molar-refractivity contribution in [3.05, 3.63) is 58.0 Å². The highest BCUT2D eigenvalue weighted by Crippen LogP contribution is 2.32. The molecule has 0 spiro atoms. The van der Waals surface area contributed by atoms with Crippen LogP contribution in [0.25, 0.3) is 10.9 Å². The molecule has 2 atom stereocenters. The fraction of sp³-hybridized carbons (Fsp3) is 0.357. The van der Waals surface area contributed by atoms with Gasteiger partial charge in [-0.15, -0.1) is 11.3 Å². The molecular weight excluding hydrogens is 547 g/mol. The van der Waals surface area contributed by atoms with Crippen LogP contribution in [0.1, 0.15) is 49.0 Å². The molecule has 0 bridgehead atoms. The highest BCUT2D eigenvalue weighted by Gasteiger charge is 2.27. The van der Waals surface area contributed by atoms with Crippen LogP contribution < -0.4 is 26.6 Å². The second-order valence-electron chi connectivity index (χ2n) is 10.9. The first-order chi connectivity index (χ1) is 19.2. The van der Waals surface area contributed by atoms with Gasteiger partial charge in [-0.3, -0.25) is 9.48 Å². The molecule has 0 radical (unpaired) electrons. The minimum atomic E-state index is -0.836. The van der Waals surface area contributed by atoms with Crippen molar-refractivity contribution < 1.29 is 18.7 Å². The maximum Gasteiger partial charge on any atom is 0.407 e. The number of thiophene rings is 1. The van der Waals surface area contributed by atoms with E-state index in [1.165, 1.54) is 11.3 Å². The van der Waals surface area contributed by atoms with E-state index in [1.807, 2.05) is 61.8 Å². The van der Waals surface area contributed by atoms with Gasteiger partial charge in [-0.25, -0.2) is 14.2 Å². The molecule has 0 aliphatic rings. The third-order valence-electron chi connectivity index (χ3n) is 6.14. The first kappa shape index (κ1) is 29.6. The van der Waals surface area contributed by atoms with E-state index in [0.717, 1.165) is 27.7 Å². The summed E-state index contributed by atoms with van der Waals surface area (Å²) in [4.78, 5) is 31.9. The molecule has 0 unspecified atom stereocenters. The number of aryl methyl sites for hydroxylation is 1. The lowest BCUT2D eigenvalue weighted by molar-refractivity contribution is 0.0503. The first-order valence-corrected chi connectivity index (χ1v) is 13.8. The number of nitrogens with zero attached hydrogens (tertiary/aromatic N) is 4. The van der Waals surface area contributed by atoms with Gasteiger partial charge in [0.1, 0.15) is 11.4 Å². The molecule has 4 rings (SSSR count). The van der Waals surface area contributed by atoms with Gasteiger partial charge in [0.15, 0.2) is 17.5 Å². The van der Waals surface area contributed by atoms with Gasteiger partial charge >= 0.3 is 6.09 Å². The number of ether oxygens (including phenoxy) is 1. The summed E-state index contributed by atoms with van der Waals surface area (Å²) in [7, 11) is 5.65. The molecule has 13 heteroatoms. The highest BCUT2D eigenvalue weighted by molar-refractivity contribution is 7.10. The van der Waals surface area contributed by atoms with E-state index in [1.54, 1.807) is 32.4 Å². The number of benzene rings is 1. The van der Waals surface area contributed by atoms with E-state index in [4.69, 9.17) is 10.5 Å². The molecule has 218 valence electrons. The van der Waals surface area contributed by atoms with Crippen LogP contribution in [0.2, 0.25) is 0 Å². The second-order valence-corrected chi connectivity index (χ2v) is 11.8. The summed E-state index contributed by atoms with van der Waals surface area (Å²) < 4.78 is 22.5. The number of nitrogens with one attached hydrogen (secondary N) is 3. The monoisotopic (exact) mass is 582 g/mol. The standard InChI is InChI=1S/C28H35FN8O3S/c1-15(31-27(39)40-28(2,3)4)22(21-9-8-12-41-21)33-25-19(29)14-18(23(30)38)24(34-25)32-16-10-11-20-17(13-16)26(36(5)6)35-37(20)7/h8-15,22H,1-7H3,(H2,30,38)(H,31,39)(H2,32,33,34)/t15-,22-/m0/s1. The van der Waals surface area contributed by atoms with E-state index in [-0.39, 0.29) is 17.2 Å². The summed E-state index contributed by atoms with van der Waals surface area (Å²) in [5.74, 6) is -0.885. The average molecular weight is 583 g/mol. The van der Waals surface area contributed by atoms with Crippen LogP contribution in [-0.2, 0) is 11.8 Å². The Kier molecular flexibility index (Phi) is 8.38. The Hall–Kier alpha value is -4.39. The fourth-order valence-electron chi connectivity index (χ4n) is 4.30. The lowest BCUT2D eigenvalue weighted by Crippen LogP contribution is -2.42. The first-order valence-electron chi connectivity index (χ1n) is 12.9. The lowest BCUT2D eigenvalue weighted by Gasteiger charge is -2.28. The number of carbonyl (C=O) groups is 2. The van der Waals surface area contributed by atoms with Gasteiger partial charge in [-0.1, -0.05) is 6.07 Å². The number of amides is 2. The van der Waals surface area contributed by atoms with Crippen molar-refractivity contribution in [2.24, 2.45) is 12.8 Å². The Labute approximate surface area is 241 Å². The van der Waals surface area contributed by atoms with Crippen LogP contribution in [0.3, 0.4) is 0 Å². The van der Waals surface area contributed by atoms with E-state index in [9.17, 15) is 9.59 Å². The summed E-state index contributed by atoms with van der Waals surface area (Å²) >= 11 is 1.44. The molecule has 0 aliphatic heterocycles. The smallest absolute Gasteiger partial charge is 0.407 e. The van der Waals surface area contributed by atoms with Crippen molar-refractivity contribution in [2.75, 3.05) is 29.6 Å². The number of rotatable bonds is 9. The summed E-state index contributed by atoms with van der Waals surface area (Å²) in [6, 6.07) is 9.27. The Morgan fingerprint density at radius 2 is 1.90 bits per heavy atom. The van der Waals surface area contributed by atoms with Crippen LogP contribution in [0.4, 0.5) is 32.3 Å². The molecule has 0 fully saturated rings. The minimum Gasteiger partial charge on any atom is -0.444 e. The Morgan fingerprint density at radius 3 is 2.51 bits per heavy atom. The molecule has 0 aliphatic carbocycles. The number of fused-ring (bicyclic) bond motifs is 1. The van der Waals surface area contributed by atoms with Gasteiger partial charge in [0.05, 0.1) is 23.2 Å². The van der Waals surface area contributed by atoms with E-state index >= 15 is 4.39 Å². The largest absolute Gasteiger partial charge is 0.444 e. The van der Waals surface area contributed by atoms with E-state index in [0.29, 0.717) is 5.69 Å². The summed E-state index contributed by atoms with van der Waals surface area (Å²) in [6.45, 7) is 7.09. The molecule has 2 amide bonds. The van der Waals surface area contributed by atoms with Crippen molar-refractivity contribution in [2.45, 2.75) is 45.4 Å². The minimum absolute atomic E-state index is 0.0775. The SMILES string of the molecule is C[C@H](NC(=O)OC(C)(C)C)[C@H](Nc1nc(Nc2ccc3c(c2)c(N(C)C)nn3C)c(C(N)=O)cc1F)c1cccs1. The van der Waals surface area contributed by atoms with Crippen molar-refractivity contribution in [3.8, 4) is 0 Å². The van der Waals surface area contributed by atoms with Crippen LogP contribution >= 0.6 is 11.3 Å². The number of nitrogens with two attached hydrogens (primary N) is 1. The van der Waals surface area contributed by atoms with Crippen molar-refractivity contribution in [3.63, 3.8) is 0 Å². The van der Waals surface area contributed by atoms with Crippen LogP contribution in [0, 0.1) is 5.82 Å². The van der Waals surface area contributed by atoms with Gasteiger partial charge in [-0.2, -0.15) is 5.10 Å². The highest BCUT2D eigenvalue weighted by atomic mass is 32.1. The van der Waals surface area contributed by atoms with Gasteiger partial charge < -0.3 is 31.3 Å². The molecule has 4 aromatic rings. The molecule has 0 saturated heterocycles. The van der Waals surface area contributed by atoms with Crippen molar-refractivity contribution in [1.29, 1.82) is 0 Å². The van der Waals surface area contributed by atoms with Crippen molar-refractivity contribution >= 4 is 57.4 Å². The maximum absolute atomic E-state index is 15.3. The van der Waals surface area contributed by atoms with Crippen LogP contribution in [0.15, 0.2) is 41.8 Å². The fourth-order valence-corrected chi connectivity index (χ4v) is 5.18. The normalized spacial score (nSPS) is 13.0. The average Bonchev–Trinajstić information content (AvgIpc) is 3.50. The number of aromatic nitrogens is 3.